The largest absolute Gasteiger partial charge is 0.319 e. The molecule has 0 unspecified atom stereocenters. The van der Waals surface area contributed by atoms with E-state index in [9.17, 15) is 4.79 Å². The van der Waals surface area contributed by atoms with Crippen LogP contribution in [-0.4, -0.2) is 51.0 Å². The SMILES string of the molecule is Cc1nn(-c2ccc(C(=O)Nc3cnn(CCN(C)C)c3)cc2)c(C)c1Br. The van der Waals surface area contributed by atoms with E-state index in [0.29, 0.717) is 11.3 Å². The van der Waals surface area contributed by atoms with E-state index >= 15 is 0 Å². The van der Waals surface area contributed by atoms with E-state index in [-0.39, 0.29) is 5.91 Å². The first kappa shape index (κ1) is 19.3. The fourth-order valence-electron chi connectivity index (χ4n) is 2.69. The molecule has 2 aromatic heterocycles. The van der Waals surface area contributed by atoms with Crippen LogP contribution in [0.5, 0.6) is 0 Å². The monoisotopic (exact) mass is 430 g/mol. The third-order valence-corrected chi connectivity index (χ3v) is 5.39. The minimum Gasteiger partial charge on any atom is -0.319 e. The zero-order valence-electron chi connectivity index (χ0n) is 15.9. The van der Waals surface area contributed by atoms with E-state index in [4.69, 9.17) is 0 Å². The standard InChI is InChI=1S/C19H23BrN6O/c1-13-18(20)14(2)26(23-13)17-7-5-15(6-8-17)19(27)22-16-11-21-25(12-16)10-9-24(3)4/h5-8,11-12H,9-10H2,1-4H3,(H,22,27). The van der Waals surface area contributed by atoms with Crippen molar-refractivity contribution >= 4 is 27.5 Å². The maximum absolute atomic E-state index is 12.5. The number of carbonyl (C=O) groups is 1. The lowest BCUT2D eigenvalue weighted by Gasteiger charge is -2.08. The van der Waals surface area contributed by atoms with Gasteiger partial charge >= 0.3 is 0 Å². The molecule has 0 aliphatic carbocycles. The van der Waals surface area contributed by atoms with E-state index in [2.05, 4.69) is 36.3 Å². The molecule has 0 spiro atoms. The number of nitrogens with zero attached hydrogens (tertiary/aromatic N) is 5. The second-order valence-electron chi connectivity index (χ2n) is 6.69. The second kappa shape index (κ2) is 8.06. The molecule has 0 saturated carbocycles. The maximum atomic E-state index is 12.5. The Balaban J connectivity index is 1.68. The quantitative estimate of drug-likeness (QED) is 0.651. The van der Waals surface area contributed by atoms with Crippen LogP contribution in [-0.2, 0) is 6.54 Å². The van der Waals surface area contributed by atoms with Crippen LogP contribution in [0.15, 0.2) is 41.1 Å². The summed E-state index contributed by atoms with van der Waals surface area (Å²) in [6.45, 7) is 5.61. The fourth-order valence-corrected chi connectivity index (χ4v) is 2.93. The number of hydrogen-bond acceptors (Lipinski definition) is 4. The first-order valence-electron chi connectivity index (χ1n) is 8.66. The molecule has 0 bridgehead atoms. The molecular weight excluding hydrogens is 408 g/mol. The van der Waals surface area contributed by atoms with Crippen molar-refractivity contribution in [2.45, 2.75) is 20.4 Å². The lowest BCUT2D eigenvalue weighted by molar-refractivity contribution is 0.102. The summed E-state index contributed by atoms with van der Waals surface area (Å²) < 4.78 is 4.67. The Morgan fingerprint density at radius 3 is 2.52 bits per heavy atom. The van der Waals surface area contributed by atoms with Gasteiger partial charge in [0, 0.05) is 18.3 Å². The Morgan fingerprint density at radius 1 is 1.22 bits per heavy atom. The molecule has 0 fully saturated rings. The first-order valence-corrected chi connectivity index (χ1v) is 9.45. The number of halogens is 1. The highest BCUT2D eigenvalue weighted by molar-refractivity contribution is 9.10. The number of carbonyl (C=O) groups excluding carboxylic acids is 1. The van der Waals surface area contributed by atoms with Gasteiger partial charge < -0.3 is 10.2 Å². The Hall–Kier alpha value is -2.45. The van der Waals surface area contributed by atoms with Gasteiger partial charge in [-0.25, -0.2) is 4.68 Å². The number of aryl methyl sites for hydroxylation is 1. The van der Waals surface area contributed by atoms with Gasteiger partial charge in [0.2, 0.25) is 0 Å². The first-order chi connectivity index (χ1) is 12.8. The number of benzene rings is 1. The van der Waals surface area contributed by atoms with Crippen molar-refractivity contribution in [2.24, 2.45) is 0 Å². The number of nitrogens with one attached hydrogen (secondary N) is 1. The van der Waals surface area contributed by atoms with Crippen molar-refractivity contribution in [2.75, 3.05) is 26.0 Å². The number of anilines is 1. The normalized spacial score (nSPS) is 11.2. The molecule has 0 saturated heterocycles. The van der Waals surface area contributed by atoms with Crippen molar-refractivity contribution in [1.29, 1.82) is 0 Å². The predicted octanol–water partition coefficient (Wildman–Crippen LogP) is 3.26. The van der Waals surface area contributed by atoms with Crippen LogP contribution < -0.4 is 5.32 Å². The molecule has 2 heterocycles. The molecular formula is C19H23BrN6O. The third kappa shape index (κ3) is 4.45. The summed E-state index contributed by atoms with van der Waals surface area (Å²) in [5.41, 5.74) is 4.13. The minimum absolute atomic E-state index is 0.164. The second-order valence-corrected chi connectivity index (χ2v) is 7.49. The van der Waals surface area contributed by atoms with Crippen molar-refractivity contribution in [3.63, 3.8) is 0 Å². The molecule has 3 aromatic rings. The van der Waals surface area contributed by atoms with Crippen LogP contribution in [0, 0.1) is 13.8 Å². The summed E-state index contributed by atoms with van der Waals surface area (Å²) in [4.78, 5) is 14.6. The van der Waals surface area contributed by atoms with E-state index in [1.54, 1.807) is 18.3 Å². The van der Waals surface area contributed by atoms with Crippen LogP contribution in [0.3, 0.4) is 0 Å². The highest BCUT2D eigenvalue weighted by Gasteiger charge is 2.12. The van der Waals surface area contributed by atoms with E-state index in [1.807, 2.05) is 55.6 Å². The highest BCUT2D eigenvalue weighted by Crippen LogP contribution is 2.23. The Morgan fingerprint density at radius 2 is 1.93 bits per heavy atom. The summed E-state index contributed by atoms with van der Waals surface area (Å²) in [6.07, 6.45) is 3.50. The average Bonchev–Trinajstić information content (AvgIpc) is 3.20. The molecule has 0 atom stereocenters. The number of hydrogen-bond donors (Lipinski definition) is 1. The molecule has 8 heteroatoms. The molecule has 3 rings (SSSR count). The van der Waals surface area contributed by atoms with Crippen LogP contribution in [0.2, 0.25) is 0 Å². The van der Waals surface area contributed by atoms with Crippen LogP contribution in [0.4, 0.5) is 5.69 Å². The number of likely N-dealkylation sites (N-methyl/N-ethyl adjacent to an activating group) is 1. The summed E-state index contributed by atoms with van der Waals surface area (Å²) in [5, 5.41) is 11.7. The maximum Gasteiger partial charge on any atom is 0.255 e. The third-order valence-electron chi connectivity index (χ3n) is 4.24. The van der Waals surface area contributed by atoms with Gasteiger partial charge in [-0.1, -0.05) is 0 Å². The number of amides is 1. The summed E-state index contributed by atoms with van der Waals surface area (Å²) >= 11 is 3.53. The van der Waals surface area contributed by atoms with Gasteiger partial charge in [-0.15, -0.1) is 0 Å². The van der Waals surface area contributed by atoms with Gasteiger partial charge in [-0.05, 0) is 68.1 Å². The zero-order valence-corrected chi connectivity index (χ0v) is 17.5. The molecule has 0 radical (unpaired) electrons. The topological polar surface area (TPSA) is 68.0 Å². The minimum atomic E-state index is -0.164. The van der Waals surface area contributed by atoms with Gasteiger partial charge in [-0.2, -0.15) is 10.2 Å². The average molecular weight is 431 g/mol. The van der Waals surface area contributed by atoms with Crippen molar-refractivity contribution in [1.82, 2.24) is 24.5 Å². The molecule has 7 nitrogen and oxygen atoms in total. The van der Waals surface area contributed by atoms with E-state index in [0.717, 1.165) is 34.6 Å². The Bertz CT molecular complexity index is 942. The van der Waals surface area contributed by atoms with Crippen LogP contribution in [0.25, 0.3) is 5.69 Å². The molecule has 142 valence electrons. The van der Waals surface area contributed by atoms with Crippen molar-refractivity contribution < 1.29 is 4.79 Å². The summed E-state index contributed by atoms with van der Waals surface area (Å²) in [6, 6.07) is 7.37. The molecule has 1 N–H and O–H groups in total. The lowest BCUT2D eigenvalue weighted by atomic mass is 10.2. The molecule has 1 amide bonds. The van der Waals surface area contributed by atoms with Gasteiger partial charge in [0.1, 0.15) is 0 Å². The van der Waals surface area contributed by atoms with Crippen molar-refractivity contribution in [3.05, 3.63) is 58.1 Å². The fraction of sp³-hybridized carbons (Fsp3) is 0.316. The number of rotatable bonds is 6. The van der Waals surface area contributed by atoms with Gasteiger partial charge in [-0.3, -0.25) is 9.48 Å². The molecule has 1 aromatic carbocycles. The summed E-state index contributed by atoms with van der Waals surface area (Å²) in [5.74, 6) is -0.164. The number of aromatic nitrogens is 4. The van der Waals surface area contributed by atoms with Gasteiger partial charge in [0.05, 0.1) is 40.0 Å². The predicted molar refractivity (Wildman–Crippen MR) is 109 cm³/mol. The van der Waals surface area contributed by atoms with E-state index in [1.165, 1.54) is 0 Å². The Labute approximate surface area is 167 Å². The lowest BCUT2D eigenvalue weighted by Crippen LogP contribution is -2.18. The molecule has 0 aliphatic rings. The summed E-state index contributed by atoms with van der Waals surface area (Å²) in [7, 11) is 4.03. The van der Waals surface area contributed by atoms with Crippen molar-refractivity contribution in [3.8, 4) is 5.69 Å². The highest BCUT2D eigenvalue weighted by atomic mass is 79.9. The van der Waals surface area contributed by atoms with Crippen LogP contribution in [0.1, 0.15) is 21.7 Å². The zero-order chi connectivity index (χ0) is 19.6. The van der Waals surface area contributed by atoms with Gasteiger partial charge in [0.25, 0.3) is 5.91 Å². The van der Waals surface area contributed by atoms with Gasteiger partial charge in [0.15, 0.2) is 0 Å². The molecule has 27 heavy (non-hydrogen) atoms. The van der Waals surface area contributed by atoms with Crippen LogP contribution >= 0.6 is 15.9 Å². The smallest absolute Gasteiger partial charge is 0.255 e. The van der Waals surface area contributed by atoms with E-state index < -0.39 is 0 Å². The Kier molecular flexibility index (Phi) is 5.76. The molecule has 0 aliphatic heterocycles.